The molecule has 0 unspecified atom stereocenters. The zero-order valence-corrected chi connectivity index (χ0v) is 20.9. The van der Waals surface area contributed by atoms with E-state index in [1.54, 1.807) is 0 Å². The molecule has 2 aromatic heterocycles. The van der Waals surface area contributed by atoms with Crippen LogP contribution in [0.2, 0.25) is 0 Å². The Labute approximate surface area is 197 Å². The van der Waals surface area contributed by atoms with Crippen molar-refractivity contribution in [2.45, 2.75) is 71.3 Å². The second kappa shape index (κ2) is 9.23. The summed E-state index contributed by atoms with van der Waals surface area (Å²) in [7, 11) is 0. The second-order valence-corrected chi connectivity index (χ2v) is 11.4. The number of pyridine rings is 1. The maximum absolute atomic E-state index is 4.58. The first-order valence-electron chi connectivity index (χ1n) is 12.4. The van der Waals surface area contributed by atoms with E-state index in [1.165, 1.54) is 83.6 Å². The van der Waals surface area contributed by atoms with Gasteiger partial charge in [0.1, 0.15) is 0 Å². The zero-order chi connectivity index (χ0) is 22.2. The summed E-state index contributed by atoms with van der Waals surface area (Å²) >= 11 is 2.13. The molecule has 2 aliphatic heterocycles. The van der Waals surface area contributed by atoms with Gasteiger partial charge in [-0.1, -0.05) is 19.9 Å². The summed E-state index contributed by atoms with van der Waals surface area (Å²) in [6.07, 6.45) is 5.37. The summed E-state index contributed by atoms with van der Waals surface area (Å²) in [5, 5.41) is 1.41. The lowest BCUT2D eigenvalue weighted by atomic mass is 9.87. The predicted octanol–water partition coefficient (Wildman–Crippen LogP) is 7.05. The predicted molar refractivity (Wildman–Crippen MR) is 139 cm³/mol. The number of aryl methyl sites for hydroxylation is 2. The van der Waals surface area contributed by atoms with Crippen LogP contribution in [0.25, 0.3) is 22.2 Å². The van der Waals surface area contributed by atoms with E-state index >= 15 is 0 Å². The number of likely N-dealkylation sites (tertiary alicyclic amines) is 1. The smallest absolute Gasteiger partial charge is 0.0501 e. The van der Waals surface area contributed by atoms with E-state index in [0.29, 0.717) is 11.8 Å². The third-order valence-electron chi connectivity index (χ3n) is 7.52. The molecule has 0 spiro atoms. The molecule has 0 radical (unpaired) electrons. The first kappa shape index (κ1) is 22.0. The van der Waals surface area contributed by atoms with Crippen LogP contribution >= 0.6 is 11.8 Å². The van der Waals surface area contributed by atoms with E-state index in [-0.39, 0.29) is 0 Å². The number of benzene rings is 1. The first-order chi connectivity index (χ1) is 15.5. The van der Waals surface area contributed by atoms with Gasteiger partial charge in [-0.3, -0.25) is 4.98 Å². The van der Waals surface area contributed by atoms with Gasteiger partial charge < -0.3 is 9.88 Å². The number of rotatable bonds is 4. The summed E-state index contributed by atoms with van der Waals surface area (Å²) in [5.74, 6) is 3.86. The molecule has 2 saturated heterocycles. The van der Waals surface area contributed by atoms with Crippen LogP contribution in [0.3, 0.4) is 0 Å². The standard InChI is InChI=1S/C28H37N3S/c1-18(2)27-25-17-22(21-7-11-31(12-8-21)24-9-13-32-14-10-24)5-6-26(25)30-28(27)23-15-19(3)29-20(4)16-23/h5-6,15-18,21,24,30H,7-14H2,1-4H3. The molecule has 1 N–H and O–H groups in total. The highest BCUT2D eigenvalue weighted by Crippen LogP contribution is 2.39. The lowest BCUT2D eigenvalue weighted by molar-refractivity contribution is 0.144. The third-order valence-corrected chi connectivity index (χ3v) is 8.57. The zero-order valence-electron chi connectivity index (χ0n) is 20.1. The summed E-state index contributed by atoms with van der Waals surface area (Å²) in [6, 6.07) is 12.5. The fourth-order valence-corrected chi connectivity index (χ4v) is 7.02. The second-order valence-electron chi connectivity index (χ2n) is 10.2. The van der Waals surface area contributed by atoms with Crippen LogP contribution in [-0.2, 0) is 0 Å². The van der Waals surface area contributed by atoms with Gasteiger partial charge in [-0.25, -0.2) is 0 Å². The average molecular weight is 448 g/mol. The summed E-state index contributed by atoms with van der Waals surface area (Å²) < 4.78 is 0. The molecular formula is C28H37N3S. The molecule has 32 heavy (non-hydrogen) atoms. The molecule has 2 aliphatic rings. The maximum Gasteiger partial charge on any atom is 0.0501 e. The molecule has 3 nitrogen and oxygen atoms in total. The number of aromatic nitrogens is 2. The van der Waals surface area contributed by atoms with Crippen LogP contribution in [0.1, 0.15) is 73.9 Å². The van der Waals surface area contributed by atoms with Crippen molar-refractivity contribution in [2.75, 3.05) is 24.6 Å². The highest BCUT2D eigenvalue weighted by atomic mass is 32.2. The van der Waals surface area contributed by atoms with Gasteiger partial charge in [0.05, 0.1) is 5.69 Å². The van der Waals surface area contributed by atoms with Crippen LogP contribution in [-0.4, -0.2) is 45.5 Å². The van der Waals surface area contributed by atoms with Gasteiger partial charge in [-0.15, -0.1) is 0 Å². The minimum absolute atomic E-state index is 0.466. The van der Waals surface area contributed by atoms with Crippen molar-refractivity contribution in [3.8, 4) is 11.3 Å². The number of piperidine rings is 1. The molecule has 0 bridgehead atoms. The van der Waals surface area contributed by atoms with E-state index in [1.807, 2.05) is 0 Å². The molecule has 0 amide bonds. The Bertz CT molecular complexity index is 1070. The normalized spacial score (nSPS) is 19.3. The van der Waals surface area contributed by atoms with Crippen LogP contribution < -0.4 is 0 Å². The van der Waals surface area contributed by atoms with Crippen LogP contribution in [0.15, 0.2) is 30.3 Å². The molecule has 3 aromatic rings. The average Bonchev–Trinajstić information content (AvgIpc) is 3.18. The van der Waals surface area contributed by atoms with E-state index in [2.05, 4.69) is 84.7 Å². The van der Waals surface area contributed by atoms with Gasteiger partial charge in [-0.2, -0.15) is 11.8 Å². The molecule has 0 aliphatic carbocycles. The Morgan fingerprint density at radius 3 is 2.31 bits per heavy atom. The van der Waals surface area contributed by atoms with Crippen LogP contribution in [0, 0.1) is 13.8 Å². The van der Waals surface area contributed by atoms with Crippen molar-refractivity contribution >= 4 is 22.7 Å². The lowest BCUT2D eigenvalue weighted by Gasteiger charge is -2.39. The Balaban J connectivity index is 1.43. The summed E-state index contributed by atoms with van der Waals surface area (Å²) in [4.78, 5) is 11.1. The highest BCUT2D eigenvalue weighted by Gasteiger charge is 2.27. The van der Waals surface area contributed by atoms with Crippen molar-refractivity contribution < 1.29 is 0 Å². The van der Waals surface area contributed by atoms with Crippen molar-refractivity contribution in [1.82, 2.24) is 14.9 Å². The number of nitrogens with one attached hydrogen (secondary N) is 1. The number of fused-ring (bicyclic) bond motifs is 1. The van der Waals surface area contributed by atoms with E-state index < -0.39 is 0 Å². The third kappa shape index (κ3) is 4.36. The van der Waals surface area contributed by atoms with E-state index in [9.17, 15) is 0 Å². The fraction of sp³-hybridized carbons (Fsp3) is 0.536. The van der Waals surface area contributed by atoms with Crippen LogP contribution in [0.5, 0.6) is 0 Å². The van der Waals surface area contributed by atoms with Gasteiger partial charge in [-0.05, 0) is 111 Å². The monoisotopic (exact) mass is 447 g/mol. The van der Waals surface area contributed by atoms with Crippen molar-refractivity contribution in [3.63, 3.8) is 0 Å². The van der Waals surface area contributed by atoms with Gasteiger partial charge in [0.2, 0.25) is 0 Å². The number of thioether (sulfide) groups is 1. The van der Waals surface area contributed by atoms with Gasteiger partial charge in [0.15, 0.2) is 0 Å². The van der Waals surface area contributed by atoms with Gasteiger partial charge in [0, 0.05) is 33.9 Å². The number of nitrogens with zero attached hydrogens (tertiary/aromatic N) is 2. The van der Waals surface area contributed by atoms with Crippen molar-refractivity contribution in [2.24, 2.45) is 0 Å². The number of hydrogen-bond acceptors (Lipinski definition) is 3. The lowest BCUT2D eigenvalue weighted by Crippen LogP contribution is -2.42. The molecule has 4 heterocycles. The molecule has 0 atom stereocenters. The fourth-order valence-electron chi connectivity index (χ4n) is 5.94. The minimum Gasteiger partial charge on any atom is -0.354 e. The van der Waals surface area contributed by atoms with Gasteiger partial charge >= 0.3 is 0 Å². The minimum atomic E-state index is 0.466. The van der Waals surface area contributed by atoms with Crippen molar-refractivity contribution in [1.29, 1.82) is 0 Å². The maximum atomic E-state index is 4.58. The summed E-state index contributed by atoms with van der Waals surface area (Å²) in [6.45, 7) is 11.4. The van der Waals surface area contributed by atoms with Crippen LogP contribution in [0.4, 0.5) is 0 Å². The van der Waals surface area contributed by atoms with Gasteiger partial charge in [0.25, 0.3) is 0 Å². The molecule has 1 aromatic carbocycles. The van der Waals surface area contributed by atoms with E-state index in [4.69, 9.17) is 0 Å². The molecule has 5 rings (SSSR count). The summed E-state index contributed by atoms with van der Waals surface area (Å²) in [5.41, 5.74) is 8.93. The molecule has 2 fully saturated rings. The number of H-pyrrole nitrogens is 1. The number of aromatic amines is 1. The largest absolute Gasteiger partial charge is 0.354 e. The number of hydrogen-bond donors (Lipinski definition) is 1. The Hall–Kier alpha value is -1.78. The molecule has 0 saturated carbocycles. The Morgan fingerprint density at radius 1 is 0.969 bits per heavy atom. The SMILES string of the molecule is Cc1cc(-c2[nH]c3ccc(C4CCN(C5CCSCC5)CC4)cc3c2C(C)C)cc(C)n1. The van der Waals surface area contributed by atoms with Crippen molar-refractivity contribution in [3.05, 3.63) is 52.8 Å². The molecular weight excluding hydrogens is 410 g/mol. The quantitative estimate of drug-likeness (QED) is 0.465. The molecule has 4 heteroatoms. The van der Waals surface area contributed by atoms with E-state index in [0.717, 1.165) is 17.4 Å². The molecule has 170 valence electrons. The topological polar surface area (TPSA) is 31.9 Å². The Morgan fingerprint density at radius 2 is 1.66 bits per heavy atom. The highest BCUT2D eigenvalue weighted by molar-refractivity contribution is 7.99. The Kier molecular flexibility index (Phi) is 6.35. The first-order valence-corrected chi connectivity index (χ1v) is 13.6.